The zero-order valence-electron chi connectivity index (χ0n) is 14.7. The van der Waals surface area contributed by atoms with Crippen molar-refractivity contribution in [1.29, 1.82) is 0 Å². The van der Waals surface area contributed by atoms with Gasteiger partial charge < -0.3 is 20.6 Å². The molecule has 0 bridgehead atoms. The minimum absolute atomic E-state index is 0.0436. The SMILES string of the molecule is O=C(O)CCN1CCC(Nc2cc(Nc3ccc(F)c(Cl)c3)ncn2)CC1. The number of likely N-dealkylation sites (tertiary alicyclic amines) is 1. The number of benzene rings is 1. The lowest BCUT2D eigenvalue weighted by Gasteiger charge is -2.32. The first-order chi connectivity index (χ1) is 13.0. The number of halogens is 2. The lowest BCUT2D eigenvalue weighted by molar-refractivity contribution is -0.137. The second-order valence-electron chi connectivity index (χ2n) is 6.45. The molecule has 7 nitrogen and oxygen atoms in total. The summed E-state index contributed by atoms with van der Waals surface area (Å²) >= 11 is 5.80. The highest BCUT2D eigenvalue weighted by Gasteiger charge is 2.19. The molecule has 3 N–H and O–H groups in total. The first-order valence-corrected chi connectivity index (χ1v) is 9.12. The van der Waals surface area contributed by atoms with Crippen LogP contribution in [0.3, 0.4) is 0 Å². The van der Waals surface area contributed by atoms with E-state index in [9.17, 15) is 9.18 Å². The number of anilines is 3. The minimum Gasteiger partial charge on any atom is -0.481 e. The molecule has 9 heteroatoms. The number of hydrogen-bond donors (Lipinski definition) is 3. The molecule has 1 fully saturated rings. The van der Waals surface area contributed by atoms with Crippen molar-refractivity contribution in [2.24, 2.45) is 0 Å². The first-order valence-electron chi connectivity index (χ1n) is 8.74. The summed E-state index contributed by atoms with van der Waals surface area (Å²) in [7, 11) is 0. The van der Waals surface area contributed by atoms with Crippen LogP contribution in [0.2, 0.25) is 5.02 Å². The quantitative estimate of drug-likeness (QED) is 0.664. The fraction of sp³-hybridized carbons (Fsp3) is 0.389. The monoisotopic (exact) mass is 393 g/mol. The Morgan fingerprint density at radius 2 is 2.00 bits per heavy atom. The van der Waals surface area contributed by atoms with Gasteiger partial charge in [0.05, 0.1) is 11.4 Å². The van der Waals surface area contributed by atoms with Crippen LogP contribution in [0.15, 0.2) is 30.6 Å². The van der Waals surface area contributed by atoms with Gasteiger partial charge >= 0.3 is 5.97 Å². The molecular weight excluding hydrogens is 373 g/mol. The van der Waals surface area contributed by atoms with E-state index in [2.05, 4.69) is 25.5 Å². The Balaban J connectivity index is 1.53. The summed E-state index contributed by atoms with van der Waals surface area (Å²) in [4.78, 5) is 21.2. The highest BCUT2D eigenvalue weighted by Crippen LogP contribution is 2.23. The molecule has 2 heterocycles. The zero-order valence-corrected chi connectivity index (χ0v) is 15.4. The van der Waals surface area contributed by atoms with E-state index in [0.717, 1.165) is 25.9 Å². The molecule has 1 aromatic heterocycles. The summed E-state index contributed by atoms with van der Waals surface area (Å²) < 4.78 is 13.2. The third-order valence-corrected chi connectivity index (χ3v) is 4.73. The topological polar surface area (TPSA) is 90.4 Å². The fourth-order valence-electron chi connectivity index (χ4n) is 2.99. The second-order valence-corrected chi connectivity index (χ2v) is 6.85. The van der Waals surface area contributed by atoms with Crippen LogP contribution in [0.25, 0.3) is 0 Å². The van der Waals surface area contributed by atoms with E-state index in [1.807, 2.05) is 0 Å². The second kappa shape index (κ2) is 8.96. The van der Waals surface area contributed by atoms with E-state index >= 15 is 0 Å². The van der Waals surface area contributed by atoms with Gasteiger partial charge in [0.25, 0.3) is 0 Å². The molecule has 0 atom stereocenters. The largest absolute Gasteiger partial charge is 0.481 e. The summed E-state index contributed by atoms with van der Waals surface area (Å²) in [5.41, 5.74) is 0.637. The molecule has 1 aromatic carbocycles. The zero-order chi connectivity index (χ0) is 19.2. The normalized spacial score (nSPS) is 15.5. The number of carboxylic acid groups (broad SMARTS) is 1. The summed E-state index contributed by atoms with van der Waals surface area (Å²) in [6.45, 7) is 2.30. The Hall–Kier alpha value is -2.45. The molecular formula is C18H21ClFN5O2. The van der Waals surface area contributed by atoms with Crippen LogP contribution in [-0.4, -0.2) is 51.6 Å². The molecule has 0 radical (unpaired) electrons. The number of carboxylic acids is 1. The van der Waals surface area contributed by atoms with Gasteiger partial charge in [0.1, 0.15) is 23.8 Å². The molecule has 0 spiro atoms. The van der Waals surface area contributed by atoms with Crippen LogP contribution in [0, 0.1) is 5.82 Å². The minimum atomic E-state index is -0.765. The van der Waals surface area contributed by atoms with E-state index in [1.54, 1.807) is 12.1 Å². The molecule has 0 aliphatic carbocycles. The van der Waals surface area contributed by atoms with Gasteiger partial charge in [-0.2, -0.15) is 0 Å². The van der Waals surface area contributed by atoms with Gasteiger partial charge in [-0.05, 0) is 31.0 Å². The van der Waals surface area contributed by atoms with Crippen LogP contribution in [0.4, 0.5) is 21.7 Å². The van der Waals surface area contributed by atoms with Crippen molar-refractivity contribution in [1.82, 2.24) is 14.9 Å². The van der Waals surface area contributed by atoms with Gasteiger partial charge in [0.15, 0.2) is 0 Å². The Bertz CT molecular complexity index is 799. The van der Waals surface area contributed by atoms with Crippen LogP contribution in [0.1, 0.15) is 19.3 Å². The predicted octanol–water partition coefficient (Wildman–Crippen LogP) is 3.36. The van der Waals surface area contributed by atoms with Gasteiger partial charge in [-0.15, -0.1) is 0 Å². The molecule has 144 valence electrons. The Morgan fingerprint density at radius 3 is 2.70 bits per heavy atom. The maximum Gasteiger partial charge on any atom is 0.304 e. The number of nitrogens with one attached hydrogen (secondary N) is 2. The highest BCUT2D eigenvalue weighted by atomic mass is 35.5. The van der Waals surface area contributed by atoms with E-state index in [0.29, 0.717) is 23.9 Å². The van der Waals surface area contributed by atoms with Crippen molar-refractivity contribution in [3.63, 3.8) is 0 Å². The van der Waals surface area contributed by atoms with Crippen molar-refractivity contribution in [2.45, 2.75) is 25.3 Å². The van der Waals surface area contributed by atoms with Crippen LogP contribution in [-0.2, 0) is 4.79 Å². The van der Waals surface area contributed by atoms with Crippen LogP contribution < -0.4 is 10.6 Å². The van der Waals surface area contributed by atoms with Gasteiger partial charge in [-0.25, -0.2) is 14.4 Å². The van der Waals surface area contributed by atoms with E-state index in [1.165, 1.54) is 18.5 Å². The van der Waals surface area contributed by atoms with E-state index in [-0.39, 0.29) is 17.5 Å². The standard InChI is InChI=1S/C18H21ClFN5O2/c19-14-9-13(1-2-15(14)20)24-17-10-16(21-11-22-17)23-12-3-6-25(7-4-12)8-5-18(26)27/h1-2,9-12H,3-8H2,(H,26,27)(H2,21,22,23,24). The molecule has 2 aromatic rings. The van der Waals surface area contributed by atoms with Crippen molar-refractivity contribution < 1.29 is 14.3 Å². The molecule has 1 aliphatic rings. The molecule has 0 saturated carbocycles. The average Bonchev–Trinajstić information content (AvgIpc) is 2.64. The van der Waals surface area contributed by atoms with Crippen molar-refractivity contribution in [3.05, 3.63) is 41.4 Å². The molecule has 0 amide bonds. The number of aliphatic carboxylic acids is 1. The number of nitrogens with zero attached hydrogens (tertiary/aromatic N) is 3. The molecule has 3 rings (SSSR count). The van der Waals surface area contributed by atoms with Gasteiger partial charge in [0, 0.05) is 37.4 Å². The number of hydrogen-bond acceptors (Lipinski definition) is 6. The van der Waals surface area contributed by atoms with Gasteiger partial charge in [0.2, 0.25) is 0 Å². The predicted molar refractivity (Wildman–Crippen MR) is 102 cm³/mol. The van der Waals surface area contributed by atoms with Crippen molar-refractivity contribution in [3.8, 4) is 0 Å². The number of aromatic nitrogens is 2. The molecule has 0 unspecified atom stereocenters. The maximum atomic E-state index is 13.2. The van der Waals surface area contributed by atoms with E-state index < -0.39 is 11.8 Å². The van der Waals surface area contributed by atoms with Gasteiger partial charge in [-0.3, -0.25) is 4.79 Å². The fourth-order valence-corrected chi connectivity index (χ4v) is 3.17. The van der Waals surface area contributed by atoms with Crippen LogP contribution >= 0.6 is 11.6 Å². The van der Waals surface area contributed by atoms with Gasteiger partial charge in [-0.1, -0.05) is 11.6 Å². The first kappa shape index (κ1) is 19.3. The Kier molecular flexibility index (Phi) is 6.41. The molecule has 1 aliphatic heterocycles. The van der Waals surface area contributed by atoms with E-state index in [4.69, 9.17) is 16.7 Å². The Labute approximate surface area is 161 Å². The van der Waals surface area contributed by atoms with Crippen LogP contribution in [0.5, 0.6) is 0 Å². The summed E-state index contributed by atoms with van der Waals surface area (Å²) in [6, 6.07) is 6.44. The van der Waals surface area contributed by atoms with Crippen molar-refractivity contribution >= 4 is 34.9 Å². The molecule has 27 heavy (non-hydrogen) atoms. The lowest BCUT2D eigenvalue weighted by Crippen LogP contribution is -2.40. The number of piperidine rings is 1. The lowest BCUT2D eigenvalue weighted by atomic mass is 10.0. The summed E-state index contributed by atoms with van der Waals surface area (Å²) in [5, 5.41) is 15.3. The number of carbonyl (C=O) groups is 1. The maximum absolute atomic E-state index is 13.2. The molecule has 1 saturated heterocycles. The smallest absolute Gasteiger partial charge is 0.304 e. The average molecular weight is 394 g/mol. The third kappa shape index (κ3) is 5.77. The Morgan fingerprint density at radius 1 is 1.26 bits per heavy atom. The third-order valence-electron chi connectivity index (χ3n) is 4.44. The van der Waals surface area contributed by atoms with Crippen molar-refractivity contribution in [2.75, 3.05) is 30.3 Å². The number of rotatable bonds is 7. The highest BCUT2D eigenvalue weighted by molar-refractivity contribution is 6.31. The summed E-state index contributed by atoms with van der Waals surface area (Å²) in [5.74, 6) is 0.0411. The summed E-state index contributed by atoms with van der Waals surface area (Å²) in [6.07, 6.45) is 3.46.